The van der Waals surface area contributed by atoms with Gasteiger partial charge in [-0.3, -0.25) is 23.7 Å². The number of ether oxygens (including phenoxy) is 3. The lowest BCUT2D eigenvalue weighted by Crippen LogP contribution is -2.53. The van der Waals surface area contributed by atoms with Crippen molar-refractivity contribution in [1.82, 2.24) is 29.5 Å². The van der Waals surface area contributed by atoms with E-state index in [2.05, 4.69) is 29.3 Å². The summed E-state index contributed by atoms with van der Waals surface area (Å²) in [6.07, 6.45) is 6.44. The SMILES string of the molecule is CC(C)c1csc(-c2cccc3c2nc(O[C@@H]2C[C@H]4C(=O)C[C@]5(C(=O)NS(=O)(=O)C6(C)CC6)C[C@H]5/C=C\CCCCC[C@H](NC(=O)OC5COC5)C(=O)N4C2)n3C(C)C)n1. The van der Waals surface area contributed by atoms with E-state index in [9.17, 15) is 27.6 Å². The highest BCUT2D eigenvalue weighted by molar-refractivity contribution is 7.91. The van der Waals surface area contributed by atoms with E-state index in [1.54, 1.807) is 18.3 Å². The number of amides is 3. The van der Waals surface area contributed by atoms with Crippen molar-refractivity contribution in [3.05, 3.63) is 41.4 Å². The highest BCUT2D eigenvalue weighted by atomic mass is 32.2. The third kappa shape index (κ3) is 8.33. The lowest BCUT2D eigenvalue weighted by Gasteiger charge is -2.30. The summed E-state index contributed by atoms with van der Waals surface area (Å²) in [7, 11) is -3.96. The van der Waals surface area contributed by atoms with Gasteiger partial charge in [0, 0.05) is 29.8 Å². The van der Waals surface area contributed by atoms with Crippen LogP contribution in [-0.2, 0) is 33.9 Å². The number of fused-ring (bicyclic) bond motifs is 3. The first-order chi connectivity index (χ1) is 28.6. The first-order valence-electron chi connectivity index (χ1n) is 21.3. The number of benzene rings is 1. The van der Waals surface area contributed by atoms with Crippen LogP contribution in [-0.4, -0.2) is 100 Å². The number of allylic oxidation sites excluding steroid dienone is 2. The molecule has 0 spiro atoms. The van der Waals surface area contributed by atoms with Crippen LogP contribution in [0.25, 0.3) is 21.6 Å². The van der Waals surface area contributed by atoms with E-state index in [-0.39, 0.29) is 56.3 Å². The number of nitrogens with one attached hydrogen (secondary N) is 2. The Morgan fingerprint density at radius 1 is 1.05 bits per heavy atom. The molecule has 2 saturated heterocycles. The molecule has 2 N–H and O–H groups in total. The molecule has 0 radical (unpaired) electrons. The number of carbonyl (C=O) groups excluding carboxylic acids is 4. The molecule has 3 amide bonds. The number of nitrogens with zero attached hydrogens (tertiary/aromatic N) is 4. The first kappa shape index (κ1) is 42.3. The Morgan fingerprint density at radius 3 is 2.52 bits per heavy atom. The first-order valence-corrected chi connectivity index (χ1v) is 23.7. The molecule has 8 rings (SSSR count). The number of thiazole rings is 1. The summed E-state index contributed by atoms with van der Waals surface area (Å²) in [6, 6.07) is 4.23. The van der Waals surface area contributed by atoms with Crippen molar-refractivity contribution in [2.75, 3.05) is 19.8 Å². The molecule has 3 aromatic rings. The molecule has 5 aliphatic rings. The quantitative estimate of drug-likeness (QED) is 0.221. The van der Waals surface area contributed by atoms with Crippen LogP contribution >= 0.6 is 11.3 Å². The van der Waals surface area contributed by atoms with Crippen LogP contribution in [0.1, 0.15) is 116 Å². The zero-order chi connectivity index (χ0) is 42.6. The lowest BCUT2D eigenvalue weighted by molar-refractivity contribution is -0.141. The van der Waals surface area contributed by atoms with E-state index in [1.807, 2.05) is 48.8 Å². The number of carbonyl (C=O) groups is 4. The number of hydrogen-bond acceptors (Lipinski definition) is 12. The molecule has 60 heavy (non-hydrogen) atoms. The van der Waals surface area contributed by atoms with E-state index in [1.165, 1.54) is 4.90 Å². The van der Waals surface area contributed by atoms with Crippen molar-refractivity contribution >= 4 is 56.1 Å². The van der Waals surface area contributed by atoms with E-state index in [4.69, 9.17) is 24.2 Å². The molecule has 5 atom stereocenters. The Morgan fingerprint density at radius 2 is 1.83 bits per heavy atom. The summed E-state index contributed by atoms with van der Waals surface area (Å²) < 4.78 is 47.2. The smallest absolute Gasteiger partial charge is 0.408 e. The topological polar surface area (TPSA) is 188 Å². The van der Waals surface area contributed by atoms with Crippen LogP contribution in [0.2, 0.25) is 0 Å². The molecule has 324 valence electrons. The molecule has 17 heteroatoms. The zero-order valence-electron chi connectivity index (χ0n) is 35.0. The lowest BCUT2D eigenvalue weighted by atomic mass is 9.91. The number of imidazole rings is 1. The second-order valence-electron chi connectivity index (χ2n) is 18.1. The predicted molar refractivity (Wildman–Crippen MR) is 225 cm³/mol. The fourth-order valence-electron chi connectivity index (χ4n) is 8.57. The Balaban J connectivity index is 1.11. The second-order valence-corrected chi connectivity index (χ2v) is 21.1. The van der Waals surface area contributed by atoms with E-state index in [0.717, 1.165) is 40.1 Å². The third-order valence-electron chi connectivity index (χ3n) is 12.8. The minimum Gasteiger partial charge on any atom is -0.459 e. The van der Waals surface area contributed by atoms with E-state index < -0.39 is 62.4 Å². The largest absolute Gasteiger partial charge is 0.459 e. The third-order valence-corrected chi connectivity index (χ3v) is 15.9. The van der Waals surface area contributed by atoms with Gasteiger partial charge in [-0.15, -0.1) is 11.3 Å². The summed E-state index contributed by atoms with van der Waals surface area (Å²) in [6.45, 7) is 10.5. The summed E-state index contributed by atoms with van der Waals surface area (Å²) in [4.78, 5) is 68.0. The number of ketones is 1. The monoisotopic (exact) mass is 864 g/mol. The summed E-state index contributed by atoms with van der Waals surface area (Å²) in [5, 5.41) is 5.70. The molecule has 3 aliphatic heterocycles. The molecule has 2 aromatic heterocycles. The highest BCUT2D eigenvalue weighted by Gasteiger charge is 2.62. The second kappa shape index (κ2) is 16.5. The summed E-state index contributed by atoms with van der Waals surface area (Å²) >= 11 is 1.56. The van der Waals surface area contributed by atoms with Crippen LogP contribution in [0.15, 0.2) is 35.7 Å². The molecule has 5 heterocycles. The van der Waals surface area contributed by atoms with Crippen LogP contribution < -0.4 is 14.8 Å². The van der Waals surface area contributed by atoms with Gasteiger partial charge >= 0.3 is 6.09 Å². The molecule has 2 aliphatic carbocycles. The van der Waals surface area contributed by atoms with Crippen LogP contribution in [0, 0.1) is 11.3 Å². The van der Waals surface area contributed by atoms with Gasteiger partial charge in [0.2, 0.25) is 21.8 Å². The summed E-state index contributed by atoms with van der Waals surface area (Å²) in [5.41, 5.74) is 2.18. The molecular weight excluding hydrogens is 809 g/mol. The van der Waals surface area contributed by atoms with Gasteiger partial charge in [0.1, 0.15) is 22.7 Å². The molecule has 2 saturated carbocycles. The van der Waals surface area contributed by atoms with Crippen molar-refractivity contribution in [3.8, 4) is 16.6 Å². The standard InChI is InChI=1S/C43H56N6O9S2/c1-25(2)32-24-59-37(44-32)30-13-11-15-33-36(30)46-40(49(33)26(3)4)57-28-18-34-35(50)20-43(39(52)47-60(54,55)42(5)16-17-42)19-27(43)12-9-7-6-8-10-14-31(38(51)48(34)21-28)45-41(53)58-29-22-56-23-29/h9,11-13,15,24-29,31,34H,6-8,10,14,16-23H2,1-5H3,(H,45,53)(H,47,52)/b12-9-/t27-,28-,31+,34+,43-/m1/s1. The summed E-state index contributed by atoms with van der Waals surface area (Å²) in [5.74, 6) is -1.57. The number of sulfonamides is 1. The minimum absolute atomic E-state index is 0.0204. The van der Waals surface area contributed by atoms with Gasteiger partial charge in [-0.1, -0.05) is 44.9 Å². The maximum absolute atomic E-state index is 14.7. The Labute approximate surface area is 355 Å². The maximum atomic E-state index is 14.7. The van der Waals surface area contributed by atoms with Gasteiger partial charge in [-0.25, -0.2) is 18.2 Å². The van der Waals surface area contributed by atoms with Crippen LogP contribution in [0.4, 0.5) is 4.79 Å². The van der Waals surface area contributed by atoms with Crippen molar-refractivity contribution in [1.29, 1.82) is 0 Å². The van der Waals surface area contributed by atoms with Crippen molar-refractivity contribution < 1.29 is 41.8 Å². The van der Waals surface area contributed by atoms with Gasteiger partial charge in [-0.05, 0) is 83.3 Å². The Bertz CT molecular complexity index is 2290. The van der Waals surface area contributed by atoms with E-state index >= 15 is 0 Å². The highest BCUT2D eigenvalue weighted by Crippen LogP contribution is 2.57. The minimum atomic E-state index is -3.96. The number of alkyl carbamates (subject to hydrolysis) is 1. The van der Waals surface area contributed by atoms with Gasteiger partial charge < -0.3 is 24.4 Å². The normalized spacial score (nSPS) is 27.7. The molecule has 1 aromatic carbocycles. The number of aromatic nitrogens is 3. The number of Topliss-reactive ketones (excluding diaryl/α,β-unsaturated/α-hetero) is 1. The van der Waals surface area contributed by atoms with Gasteiger partial charge in [-0.2, -0.15) is 4.98 Å². The molecular formula is C43H56N6O9S2. The van der Waals surface area contributed by atoms with Crippen molar-refractivity contribution in [3.63, 3.8) is 0 Å². The van der Waals surface area contributed by atoms with Gasteiger partial charge in [0.15, 0.2) is 11.9 Å². The van der Waals surface area contributed by atoms with Gasteiger partial charge in [0.05, 0.1) is 47.2 Å². The van der Waals surface area contributed by atoms with E-state index in [0.29, 0.717) is 44.5 Å². The maximum Gasteiger partial charge on any atom is 0.408 e. The molecule has 4 fully saturated rings. The number of para-hydroxylation sites is 1. The van der Waals surface area contributed by atoms with Crippen LogP contribution in [0.3, 0.4) is 0 Å². The molecule has 0 unspecified atom stereocenters. The number of hydrogen-bond donors (Lipinski definition) is 2. The van der Waals surface area contributed by atoms with Gasteiger partial charge in [0.25, 0.3) is 6.01 Å². The van der Waals surface area contributed by atoms with Crippen molar-refractivity contribution in [2.45, 2.75) is 140 Å². The molecule has 0 bridgehead atoms. The average Bonchev–Trinajstić information content (AvgIpc) is 3.84. The Kier molecular flexibility index (Phi) is 11.6. The Hall–Kier alpha value is -4.35. The zero-order valence-corrected chi connectivity index (χ0v) is 36.6. The average molecular weight is 865 g/mol. The fraction of sp³-hybridized carbons (Fsp3) is 0.628. The fourth-order valence-corrected chi connectivity index (χ4v) is 10.9. The molecule has 15 nitrogen and oxygen atoms in total. The van der Waals surface area contributed by atoms with Crippen molar-refractivity contribution in [2.24, 2.45) is 11.3 Å². The van der Waals surface area contributed by atoms with Crippen LogP contribution in [0.5, 0.6) is 6.01 Å². The predicted octanol–water partition coefficient (Wildman–Crippen LogP) is 6.19. The number of rotatable bonds is 10.